The van der Waals surface area contributed by atoms with Crippen molar-refractivity contribution in [1.82, 2.24) is 10.2 Å². The van der Waals surface area contributed by atoms with Crippen LogP contribution in [0.1, 0.15) is 30.4 Å². The number of nitrogens with zero attached hydrogens (tertiary/aromatic N) is 1. The summed E-state index contributed by atoms with van der Waals surface area (Å²) in [6, 6.07) is 7.64. The number of amides is 3. The van der Waals surface area contributed by atoms with Crippen molar-refractivity contribution in [1.29, 1.82) is 0 Å². The van der Waals surface area contributed by atoms with Crippen LogP contribution in [0.25, 0.3) is 0 Å². The molecule has 3 amide bonds. The molecule has 0 radical (unpaired) electrons. The van der Waals surface area contributed by atoms with E-state index >= 15 is 0 Å². The van der Waals surface area contributed by atoms with Crippen LogP contribution >= 0.6 is 0 Å². The van der Waals surface area contributed by atoms with E-state index in [1.807, 2.05) is 18.2 Å². The van der Waals surface area contributed by atoms with E-state index in [-0.39, 0.29) is 11.9 Å². The molecule has 1 atom stereocenters. The van der Waals surface area contributed by atoms with E-state index in [2.05, 4.69) is 11.4 Å². The molecule has 1 aromatic rings. The number of carbonyl (C=O) groups is 2. The second kappa shape index (κ2) is 5.48. The highest BCUT2D eigenvalue weighted by molar-refractivity contribution is 6.07. The molecule has 5 heteroatoms. The number of benzene rings is 1. The molecule has 1 heterocycles. The van der Waals surface area contributed by atoms with Crippen LogP contribution in [0.5, 0.6) is 0 Å². The molecule has 1 aliphatic heterocycles. The first-order valence-corrected chi connectivity index (χ1v) is 7.40. The highest BCUT2D eigenvalue weighted by Crippen LogP contribution is 2.38. The second-order valence-electron chi connectivity index (χ2n) is 5.65. The Hall–Kier alpha value is -1.88. The topological polar surface area (TPSA) is 58.6 Å². The third-order valence-corrected chi connectivity index (χ3v) is 4.42. The molecule has 0 aromatic heterocycles. The number of carbonyl (C=O) groups excluding carboxylic acids is 2. The van der Waals surface area contributed by atoms with Crippen LogP contribution in [0, 0.1) is 0 Å². The summed E-state index contributed by atoms with van der Waals surface area (Å²) >= 11 is 0. The van der Waals surface area contributed by atoms with E-state index in [1.54, 1.807) is 7.11 Å². The van der Waals surface area contributed by atoms with Crippen LogP contribution in [0.2, 0.25) is 0 Å². The first-order valence-electron chi connectivity index (χ1n) is 7.40. The number of nitrogens with one attached hydrogen (secondary N) is 1. The van der Waals surface area contributed by atoms with Gasteiger partial charge in [-0.1, -0.05) is 24.3 Å². The lowest BCUT2D eigenvalue weighted by molar-refractivity contribution is -0.132. The summed E-state index contributed by atoms with van der Waals surface area (Å²) in [5.41, 5.74) is 1.25. The van der Waals surface area contributed by atoms with Crippen molar-refractivity contribution >= 4 is 11.9 Å². The Balaban J connectivity index is 2.01. The van der Waals surface area contributed by atoms with Crippen LogP contribution in [0.4, 0.5) is 4.79 Å². The smallest absolute Gasteiger partial charge is 0.325 e. The van der Waals surface area contributed by atoms with Gasteiger partial charge in [-0.25, -0.2) is 4.79 Å². The molecule has 1 aliphatic carbocycles. The first-order chi connectivity index (χ1) is 10.2. The zero-order valence-corrected chi connectivity index (χ0v) is 12.2. The first kappa shape index (κ1) is 14.1. The Morgan fingerprint density at radius 2 is 2.10 bits per heavy atom. The lowest BCUT2D eigenvalue weighted by Gasteiger charge is -2.27. The Labute approximate surface area is 124 Å². The lowest BCUT2D eigenvalue weighted by atomic mass is 9.84. The van der Waals surface area contributed by atoms with Gasteiger partial charge < -0.3 is 10.1 Å². The molecule has 0 saturated carbocycles. The summed E-state index contributed by atoms with van der Waals surface area (Å²) in [5, 5.41) is 2.96. The minimum atomic E-state index is -0.877. The highest BCUT2D eigenvalue weighted by atomic mass is 16.5. The summed E-state index contributed by atoms with van der Waals surface area (Å²) in [4.78, 5) is 26.4. The quantitative estimate of drug-likeness (QED) is 0.863. The lowest BCUT2D eigenvalue weighted by Crippen LogP contribution is -2.44. The summed E-state index contributed by atoms with van der Waals surface area (Å²) < 4.78 is 5.00. The van der Waals surface area contributed by atoms with Crippen molar-refractivity contribution in [2.75, 3.05) is 20.3 Å². The molecule has 5 nitrogen and oxygen atoms in total. The van der Waals surface area contributed by atoms with Crippen molar-refractivity contribution in [2.24, 2.45) is 0 Å². The average Bonchev–Trinajstić information content (AvgIpc) is 2.64. The maximum atomic E-state index is 12.9. The monoisotopic (exact) mass is 288 g/mol. The standard InChI is InChI=1S/C16H20N2O3/c1-21-11-10-18-14(19)16(17-15(18)20)9-5-4-7-12-6-2-3-8-13(12)16/h2-3,6,8H,4-5,7,9-11H2,1H3,(H,17,20)/t16-/m1/s1. The van der Waals surface area contributed by atoms with E-state index in [1.165, 1.54) is 4.90 Å². The Morgan fingerprint density at radius 1 is 1.29 bits per heavy atom. The molecule has 21 heavy (non-hydrogen) atoms. The van der Waals surface area contributed by atoms with Crippen LogP contribution in [0.3, 0.4) is 0 Å². The van der Waals surface area contributed by atoms with Gasteiger partial charge in [0.15, 0.2) is 0 Å². The van der Waals surface area contributed by atoms with Gasteiger partial charge >= 0.3 is 6.03 Å². The summed E-state index contributed by atoms with van der Waals surface area (Å²) in [6.45, 7) is 0.655. The molecule has 1 spiro atoms. The van der Waals surface area contributed by atoms with Gasteiger partial charge in [0, 0.05) is 7.11 Å². The molecular weight excluding hydrogens is 268 g/mol. The van der Waals surface area contributed by atoms with E-state index < -0.39 is 5.54 Å². The number of methoxy groups -OCH3 is 1. The minimum Gasteiger partial charge on any atom is -0.383 e. The number of urea groups is 1. The zero-order chi connectivity index (χ0) is 14.9. The van der Waals surface area contributed by atoms with E-state index in [4.69, 9.17) is 4.74 Å². The van der Waals surface area contributed by atoms with Crippen molar-refractivity contribution in [3.63, 3.8) is 0 Å². The summed E-state index contributed by atoms with van der Waals surface area (Å²) in [7, 11) is 1.56. The van der Waals surface area contributed by atoms with Gasteiger partial charge in [-0.05, 0) is 36.8 Å². The van der Waals surface area contributed by atoms with Crippen molar-refractivity contribution in [2.45, 2.75) is 31.2 Å². The Kier molecular flexibility index (Phi) is 3.68. The molecule has 1 fully saturated rings. The fraction of sp³-hybridized carbons (Fsp3) is 0.500. The largest absolute Gasteiger partial charge is 0.383 e. The average molecular weight is 288 g/mol. The molecule has 0 unspecified atom stereocenters. The number of fused-ring (bicyclic) bond motifs is 2. The maximum absolute atomic E-state index is 12.9. The van der Waals surface area contributed by atoms with Gasteiger partial charge in [0.25, 0.3) is 5.91 Å². The molecule has 1 N–H and O–H groups in total. The van der Waals surface area contributed by atoms with Crippen LogP contribution in [0.15, 0.2) is 24.3 Å². The van der Waals surface area contributed by atoms with Gasteiger partial charge in [-0.15, -0.1) is 0 Å². The number of ether oxygens (including phenoxy) is 1. The SMILES string of the molecule is COCCN1C(=O)N[C@@]2(CCCCc3ccccc32)C1=O. The normalized spacial score (nSPS) is 24.9. The van der Waals surface area contributed by atoms with Crippen molar-refractivity contribution in [3.05, 3.63) is 35.4 Å². The molecule has 2 aliphatic rings. The fourth-order valence-electron chi connectivity index (χ4n) is 3.36. The Bertz CT molecular complexity index is 572. The number of rotatable bonds is 3. The van der Waals surface area contributed by atoms with Gasteiger partial charge in [0.05, 0.1) is 13.2 Å². The van der Waals surface area contributed by atoms with Gasteiger partial charge in [-0.3, -0.25) is 9.69 Å². The van der Waals surface area contributed by atoms with Crippen LogP contribution in [-0.4, -0.2) is 37.1 Å². The van der Waals surface area contributed by atoms with E-state index in [0.717, 1.165) is 30.4 Å². The molecule has 3 rings (SSSR count). The molecular formula is C16H20N2O3. The van der Waals surface area contributed by atoms with Gasteiger partial charge in [0.1, 0.15) is 5.54 Å². The van der Waals surface area contributed by atoms with Crippen molar-refractivity contribution < 1.29 is 14.3 Å². The number of hydrogen-bond donors (Lipinski definition) is 1. The number of hydrogen-bond acceptors (Lipinski definition) is 3. The zero-order valence-electron chi connectivity index (χ0n) is 12.2. The van der Waals surface area contributed by atoms with E-state index in [9.17, 15) is 9.59 Å². The predicted molar refractivity (Wildman–Crippen MR) is 77.8 cm³/mol. The molecule has 1 aromatic carbocycles. The molecule has 0 bridgehead atoms. The molecule has 112 valence electrons. The predicted octanol–water partition coefficient (Wildman–Crippen LogP) is 1.81. The second-order valence-corrected chi connectivity index (χ2v) is 5.65. The van der Waals surface area contributed by atoms with Crippen molar-refractivity contribution in [3.8, 4) is 0 Å². The molecule has 1 saturated heterocycles. The summed E-state index contributed by atoms with van der Waals surface area (Å²) in [5.74, 6) is -0.140. The van der Waals surface area contributed by atoms with Crippen LogP contribution < -0.4 is 5.32 Å². The number of imide groups is 1. The Morgan fingerprint density at radius 3 is 2.90 bits per heavy atom. The summed E-state index contributed by atoms with van der Waals surface area (Å²) in [6.07, 6.45) is 3.59. The van der Waals surface area contributed by atoms with Gasteiger partial charge in [0.2, 0.25) is 0 Å². The van der Waals surface area contributed by atoms with E-state index in [0.29, 0.717) is 19.6 Å². The maximum Gasteiger partial charge on any atom is 0.325 e. The fourth-order valence-corrected chi connectivity index (χ4v) is 3.36. The number of aryl methyl sites for hydroxylation is 1. The van der Waals surface area contributed by atoms with Gasteiger partial charge in [-0.2, -0.15) is 0 Å². The third kappa shape index (κ3) is 2.21. The highest BCUT2D eigenvalue weighted by Gasteiger charge is 2.52. The minimum absolute atomic E-state index is 0.140. The van der Waals surface area contributed by atoms with Crippen LogP contribution in [-0.2, 0) is 21.5 Å². The third-order valence-electron chi connectivity index (χ3n) is 4.42.